The van der Waals surface area contributed by atoms with Crippen molar-refractivity contribution in [2.45, 2.75) is 25.9 Å². The molecule has 0 aliphatic carbocycles. The van der Waals surface area contributed by atoms with Crippen molar-refractivity contribution >= 4 is 23.2 Å². The van der Waals surface area contributed by atoms with Crippen LogP contribution in [0.3, 0.4) is 0 Å². The molecule has 0 spiro atoms. The molecule has 0 fully saturated rings. The molecule has 6 heteroatoms. The van der Waals surface area contributed by atoms with Gasteiger partial charge in [-0.25, -0.2) is 4.39 Å². The Labute approximate surface area is 157 Å². The fraction of sp³-hybridized carbons (Fsp3) is 0.300. The number of halogens is 2. The molecule has 0 saturated carbocycles. The van der Waals surface area contributed by atoms with Gasteiger partial charge in [-0.3, -0.25) is 4.79 Å². The second-order valence-electron chi connectivity index (χ2n) is 6.21. The average molecular weight is 375 g/mol. The number of amides is 1. The van der Waals surface area contributed by atoms with Gasteiger partial charge in [0.05, 0.1) is 17.8 Å². The van der Waals surface area contributed by atoms with E-state index in [-0.39, 0.29) is 17.6 Å². The number of hydrogen-bond donors (Lipinski definition) is 0. The van der Waals surface area contributed by atoms with Crippen molar-refractivity contribution in [1.29, 1.82) is 0 Å². The smallest absolute Gasteiger partial charge is 0.256 e. The summed E-state index contributed by atoms with van der Waals surface area (Å²) < 4.78 is 14.0. The summed E-state index contributed by atoms with van der Waals surface area (Å²) in [7, 11) is 0. The first-order chi connectivity index (χ1) is 12.6. The third kappa shape index (κ3) is 4.22. The number of carbonyl (C=O) groups is 1. The first kappa shape index (κ1) is 18.4. The second kappa shape index (κ2) is 8.32. The third-order valence-electron chi connectivity index (χ3n) is 4.22. The fourth-order valence-electron chi connectivity index (χ4n) is 2.94. The molecule has 1 heterocycles. The van der Waals surface area contributed by atoms with Crippen LogP contribution in [0.25, 0.3) is 0 Å². The molecular weight excluding hydrogens is 355 g/mol. The van der Waals surface area contributed by atoms with Crippen LogP contribution in [-0.2, 0) is 4.84 Å². The van der Waals surface area contributed by atoms with Gasteiger partial charge in [0.25, 0.3) is 5.91 Å². The topological polar surface area (TPSA) is 41.9 Å². The Bertz CT molecular complexity index is 808. The Kier molecular flexibility index (Phi) is 5.89. The summed E-state index contributed by atoms with van der Waals surface area (Å²) in [5.41, 5.74) is 1.85. The van der Waals surface area contributed by atoms with E-state index >= 15 is 0 Å². The molecule has 3 rings (SSSR count). The van der Waals surface area contributed by atoms with Crippen LogP contribution < -0.4 is 0 Å². The van der Waals surface area contributed by atoms with Crippen molar-refractivity contribution in [3.8, 4) is 0 Å². The maximum Gasteiger partial charge on any atom is 0.256 e. The molecule has 2 aromatic carbocycles. The highest BCUT2D eigenvalue weighted by Gasteiger charge is 2.27. The molecular formula is C20H20ClFN2O2. The number of rotatable bonds is 6. The molecule has 0 radical (unpaired) electrons. The van der Waals surface area contributed by atoms with E-state index in [2.05, 4.69) is 5.16 Å². The van der Waals surface area contributed by atoms with E-state index in [9.17, 15) is 9.18 Å². The summed E-state index contributed by atoms with van der Waals surface area (Å²) in [4.78, 5) is 19.8. The summed E-state index contributed by atoms with van der Waals surface area (Å²) in [6.07, 6.45) is 1.12. The Morgan fingerprint density at radius 2 is 2.00 bits per heavy atom. The standard InChI is InChI=1S/C20H20ClFN2O2/c1-2-11-24(20(25)17-5-3-4-6-18(17)22)13-16-12-19(23-26-16)14-7-9-15(21)10-8-14/h3-10,16H,2,11-13H2,1H3. The van der Waals surface area contributed by atoms with Crippen LogP contribution in [0.4, 0.5) is 4.39 Å². The SMILES string of the molecule is CCCN(CC1CC(c2ccc(Cl)cc2)=NO1)C(=O)c1ccccc1F. The largest absolute Gasteiger partial charge is 0.390 e. The van der Waals surface area contributed by atoms with Gasteiger partial charge >= 0.3 is 0 Å². The zero-order valence-corrected chi connectivity index (χ0v) is 15.2. The van der Waals surface area contributed by atoms with Crippen molar-refractivity contribution in [1.82, 2.24) is 4.90 Å². The van der Waals surface area contributed by atoms with Crippen LogP contribution in [0.15, 0.2) is 53.7 Å². The maximum atomic E-state index is 14.0. The molecule has 1 amide bonds. The minimum Gasteiger partial charge on any atom is -0.390 e. The van der Waals surface area contributed by atoms with Crippen LogP contribution in [0.5, 0.6) is 0 Å². The molecule has 1 atom stereocenters. The van der Waals surface area contributed by atoms with Gasteiger partial charge in [-0.05, 0) is 36.2 Å². The zero-order valence-electron chi connectivity index (χ0n) is 14.5. The number of hydrogen-bond acceptors (Lipinski definition) is 3. The molecule has 0 N–H and O–H groups in total. The number of benzene rings is 2. The lowest BCUT2D eigenvalue weighted by Gasteiger charge is -2.24. The predicted octanol–water partition coefficient (Wildman–Crippen LogP) is 4.52. The summed E-state index contributed by atoms with van der Waals surface area (Å²) in [6.45, 7) is 2.87. The van der Waals surface area contributed by atoms with E-state index in [0.717, 1.165) is 17.7 Å². The van der Waals surface area contributed by atoms with E-state index in [1.54, 1.807) is 29.2 Å². The maximum absolute atomic E-state index is 14.0. The van der Waals surface area contributed by atoms with E-state index in [4.69, 9.17) is 16.4 Å². The predicted molar refractivity (Wildman–Crippen MR) is 100 cm³/mol. The highest BCUT2D eigenvalue weighted by atomic mass is 35.5. The second-order valence-corrected chi connectivity index (χ2v) is 6.64. The van der Waals surface area contributed by atoms with Crippen molar-refractivity contribution in [2.24, 2.45) is 5.16 Å². The lowest BCUT2D eigenvalue weighted by atomic mass is 10.0. The van der Waals surface area contributed by atoms with Crippen LogP contribution in [-0.4, -0.2) is 35.7 Å². The summed E-state index contributed by atoms with van der Waals surface area (Å²) in [5, 5.41) is 4.80. The normalized spacial score (nSPS) is 16.1. The molecule has 0 saturated heterocycles. The molecule has 1 unspecified atom stereocenters. The Morgan fingerprint density at radius 3 is 2.69 bits per heavy atom. The van der Waals surface area contributed by atoms with Crippen molar-refractivity contribution in [3.05, 3.63) is 70.5 Å². The van der Waals surface area contributed by atoms with E-state index in [1.165, 1.54) is 12.1 Å². The quantitative estimate of drug-likeness (QED) is 0.745. The van der Waals surface area contributed by atoms with Crippen molar-refractivity contribution < 1.29 is 14.0 Å². The fourth-order valence-corrected chi connectivity index (χ4v) is 3.06. The first-order valence-corrected chi connectivity index (χ1v) is 8.98. The summed E-state index contributed by atoms with van der Waals surface area (Å²) in [5.74, 6) is -0.836. The van der Waals surface area contributed by atoms with Gasteiger partial charge in [-0.15, -0.1) is 0 Å². The molecule has 1 aliphatic heterocycles. The van der Waals surface area contributed by atoms with Gasteiger partial charge in [-0.2, -0.15) is 0 Å². The molecule has 136 valence electrons. The molecule has 1 aliphatic rings. The van der Waals surface area contributed by atoms with Gasteiger partial charge in [-0.1, -0.05) is 47.9 Å². The number of carbonyl (C=O) groups excluding carboxylic acids is 1. The van der Waals surface area contributed by atoms with E-state index < -0.39 is 5.82 Å². The van der Waals surface area contributed by atoms with Crippen LogP contribution in [0.1, 0.15) is 35.7 Å². The van der Waals surface area contributed by atoms with Gasteiger partial charge in [0, 0.05) is 18.0 Å². The van der Waals surface area contributed by atoms with E-state index in [1.807, 2.05) is 19.1 Å². The molecule has 0 bridgehead atoms. The minimum absolute atomic E-state index is 0.0813. The minimum atomic E-state index is -0.510. The number of oxime groups is 1. The van der Waals surface area contributed by atoms with Gasteiger partial charge < -0.3 is 9.74 Å². The lowest BCUT2D eigenvalue weighted by molar-refractivity contribution is 0.0421. The van der Waals surface area contributed by atoms with Crippen LogP contribution in [0, 0.1) is 5.82 Å². The van der Waals surface area contributed by atoms with Crippen molar-refractivity contribution in [2.75, 3.05) is 13.1 Å². The Hall–Kier alpha value is -2.40. The van der Waals surface area contributed by atoms with Gasteiger partial charge in [0.2, 0.25) is 0 Å². The Morgan fingerprint density at radius 1 is 1.27 bits per heavy atom. The first-order valence-electron chi connectivity index (χ1n) is 8.61. The lowest BCUT2D eigenvalue weighted by Crippen LogP contribution is -2.38. The summed E-state index contributed by atoms with van der Waals surface area (Å²) in [6, 6.07) is 13.4. The van der Waals surface area contributed by atoms with Gasteiger partial charge in [0.15, 0.2) is 6.10 Å². The monoisotopic (exact) mass is 374 g/mol. The number of nitrogens with zero attached hydrogens (tertiary/aromatic N) is 2. The summed E-state index contributed by atoms with van der Waals surface area (Å²) >= 11 is 5.91. The average Bonchev–Trinajstić information content (AvgIpc) is 3.10. The molecule has 4 nitrogen and oxygen atoms in total. The molecule has 0 aromatic heterocycles. The zero-order chi connectivity index (χ0) is 18.5. The molecule has 2 aromatic rings. The van der Waals surface area contributed by atoms with Crippen molar-refractivity contribution in [3.63, 3.8) is 0 Å². The third-order valence-corrected chi connectivity index (χ3v) is 4.47. The highest BCUT2D eigenvalue weighted by molar-refractivity contribution is 6.30. The Balaban J connectivity index is 1.67. The van der Waals surface area contributed by atoms with Crippen LogP contribution >= 0.6 is 11.6 Å². The molecule has 26 heavy (non-hydrogen) atoms. The van der Waals surface area contributed by atoms with Gasteiger partial charge in [0.1, 0.15) is 5.82 Å². The van der Waals surface area contributed by atoms with E-state index in [0.29, 0.717) is 24.5 Å². The highest BCUT2D eigenvalue weighted by Crippen LogP contribution is 2.20. The van der Waals surface area contributed by atoms with Crippen LogP contribution in [0.2, 0.25) is 5.02 Å².